The van der Waals surface area contributed by atoms with Gasteiger partial charge in [0, 0.05) is 38.4 Å². The maximum atomic E-state index is 11.8. The van der Waals surface area contributed by atoms with Gasteiger partial charge in [-0.15, -0.1) is 0 Å². The van der Waals surface area contributed by atoms with Crippen LogP contribution in [0.4, 0.5) is 5.69 Å². The molecule has 5 heteroatoms. The van der Waals surface area contributed by atoms with Crippen LogP contribution in [0.3, 0.4) is 0 Å². The number of carbonyl (C=O) groups is 1. The quantitative estimate of drug-likeness (QED) is 0.711. The number of amides is 1. The van der Waals surface area contributed by atoms with Gasteiger partial charge in [0.2, 0.25) is 5.91 Å². The first kappa shape index (κ1) is 18.7. The second-order valence-electron chi connectivity index (χ2n) is 6.93. The molecule has 1 aromatic carbocycles. The van der Waals surface area contributed by atoms with E-state index in [1.807, 2.05) is 13.8 Å². The van der Waals surface area contributed by atoms with Crippen molar-refractivity contribution in [3.05, 3.63) is 30.3 Å². The molecule has 0 spiro atoms. The fraction of sp³-hybridized carbons (Fsp3) is 0.632. The third-order valence-corrected chi connectivity index (χ3v) is 4.71. The van der Waals surface area contributed by atoms with Crippen LogP contribution in [0.15, 0.2) is 30.3 Å². The molecule has 1 fully saturated rings. The summed E-state index contributed by atoms with van der Waals surface area (Å²) >= 11 is 0. The average molecular weight is 332 g/mol. The van der Waals surface area contributed by atoms with Gasteiger partial charge in [0.15, 0.2) is 0 Å². The standard InChI is InChI=1S/C19H32N4O/c1-16(2)18(20)19(24)21-10-6-7-11-22-12-14-23(15-13-22)17-8-4-3-5-9-17/h3-5,8-9,16,18H,6-7,10-15,20H2,1-2H3,(H,21,24)/t18-/m0/s1. The number of rotatable bonds is 8. The van der Waals surface area contributed by atoms with Gasteiger partial charge >= 0.3 is 0 Å². The van der Waals surface area contributed by atoms with E-state index in [2.05, 4.69) is 45.4 Å². The van der Waals surface area contributed by atoms with E-state index in [4.69, 9.17) is 5.73 Å². The van der Waals surface area contributed by atoms with E-state index in [1.54, 1.807) is 0 Å². The van der Waals surface area contributed by atoms with Crippen LogP contribution in [0.2, 0.25) is 0 Å². The van der Waals surface area contributed by atoms with E-state index in [9.17, 15) is 4.79 Å². The van der Waals surface area contributed by atoms with E-state index >= 15 is 0 Å². The van der Waals surface area contributed by atoms with Crippen molar-refractivity contribution in [2.45, 2.75) is 32.7 Å². The van der Waals surface area contributed by atoms with E-state index in [1.165, 1.54) is 5.69 Å². The van der Waals surface area contributed by atoms with E-state index in [0.717, 1.165) is 52.1 Å². The summed E-state index contributed by atoms with van der Waals surface area (Å²) in [6, 6.07) is 10.2. The predicted octanol–water partition coefficient (Wildman–Crippen LogP) is 1.69. The SMILES string of the molecule is CC(C)[C@H](N)C(=O)NCCCCN1CCN(c2ccccc2)CC1. The first-order valence-electron chi connectivity index (χ1n) is 9.13. The lowest BCUT2D eigenvalue weighted by Crippen LogP contribution is -2.47. The fourth-order valence-corrected chi connectivity index (χ4v) is 2.96. The zero-order valence-corrected chi connectivity index (χ0v) is 15.1. The molecule has 0 radical (unpaired) electrons. The smallest absolute Gasteiger partial charge is 0.237 e. The number of para-hydroxylation sites is 1. The fourth-order valence-electron chi connectivity index (χ4n) is 2.96. The molecule has 1 saturated heterocycles. The summed E-state index contributed by atoms with van der Waals surface area (Å²) in [7, 11) is 0. The van der Waals surface area contributed by atoms with Crippen LogP contribution >= 0.6 is 0 Å². The van der Waals surface area contributed by atoms with Crippen LogP contribution in [0, 0.1) is 5.92 Å². The molecule has 1 heterocycles. The summed E-state index contributed by atoms with van der Waals surface area (Å²) in [5.74, 6) is 0.160. The molecule has 24 heavy (non-hydrogen) atoms. The summed E-state index contributed by atoms with van der Waals surface area (Å²) in [4.78, 5) is 16.7. The van der Waals surface area contributed by atoms with Crippen molar-refractivity contribution in [2.75, 3.05) is 44.2 Å². The molecular weight excluding hydrogens is 300 g/mol. The van der Waals surface area contributed by atoms with Gasteiger partial charge in [-0.2, -0.15) is 0 Å². The molecule has 0 saturated carbocycles. The number of nitrogens with one attached hydrogen (secondary N) is 1. The Morgan fingerprint density at radius 1 is 1.12 bits per heavy atom. The first-order valence-corrected chi connectivity index (χ1v) is 9.13. The second kappa shape index (κ2) is 9.64. The second-order valence-corrected chi connectivity index (χ2v) is 6.93. The number of hydrogen-bond acceptors (Lipinski definition) is 4. The van der Waals surface area contributed by atoms with Gasteiger partial charge in [0.05, 0.1) is 6.04 Å². The minimum Gasteiger partial charge on any atom is -0.369 e. The number of anilines is 1. The van der Waals surface area contributed by atoms with E-state index < -0.39 is 6.04 Å². The molecule has 0 unspecified atom stereocenters. The van der Waals surface area contributed by atoms with Crippen LogP contribution in [-0.4, -0.2) is 56.1 Å². The zero-order chi connectivity index (χ0) is 17.4. The van der Waals surface area contributed by atoms with Gasteiger partial charge in [-0.25, -0.2) is 0 Å². The predicted molar refractivity (Wildman–Crippen MR) is 100 cm³/mol. The van der Waals surface area contributed by atoms with E-state index in [0.29, 0.717) is 0 Å². The van der Waals surface area contributed by atoms with Crippen molar-refractivity contribution in [3.8, 4) is 0 Å². The third-order valence-electron chi connectivity index (χ3n) is 4.71. The van der Waals surface area contributed by atoms with Crippen molar-refractivity contribution < 1.29 is 4.79 Å². The Kier molecular flexibility index (Phi) is 7.53. The highest BCUT2D eigenvalue weighted by molar-refractivity contribution is 5.81. The topological polar surface area (TPSA) is 61.6 Å². The summed E-state index contributed by atoms with van der Waals surface area (Å²) in [6.45, 7) is 10.2. The van der Waals surface area contributed by atoms with E-state index in [-0.39, 0.29) is 11.8 Å². The molecule has 1 aliphatic rings. The number of piperazine rings is 1. The van der Waals surface area contributed by atoms with Gasteiger partial charge in [-0.3, -0.25) is 9.69 Å². The number of benzene rings is 1. The van der Waals surface area contributed by atoms with Gasteiger partial charge in [0.25, 0.3) is 0 Å². The monoisotopic (exact) mass is 332 g/mol. The summed E-state index contributed by atoms with van der Waals surface area (Å²) in [5.41, 5.74) is 7.15. The number of carbonyl (C=O) groups excluding carboxylic acids is 1. The average Bonchev–Trinajstić information content (AvgIpc) is 2.61. The normalized spacial score (nSPS) is 17.1. The molecule has 1 aromatic rings. The van der Waals surface area contributed by atoms with Crippen LogP contribution in [0.5, 0.6) is 0 Å². The van der Waals surface area contributed by atoms with Crippen LogP contribution in [0.1, 0.15) is 26.7 Å². The van der Waals surface area contributed by atoms with Crippen molar-refractivity contribution in [1.29, 1.82) is 0 Å². The minimum absolute atomic E-state index is 0.0264. The largest absolute Gasteiger partial charge is 0.369 e. The molecule has 1 aliphatic heterocycles. The van der Waals surface area contributed by atoms with Crippen molar-refractivity contribution in [1.82, 2.24) is 10.2 Å². The highest BCUT2D eigenvalue weighted by Crippen LogP contribution is 2.15. The Bertz CT molecular complexity index is 483. The van der Waals surface area contributed by atoms with Gasteiger partial charge in [-0.05, 0) is 37.4 Å². The lowest BCUT2D eigenvalue weighted by molar-refractivity contribution is -0.123. The maximum absolute atomic E-state index is 11.8. The summed E-state index contributed by atoms with van der Waals surface area (Å²) in [6.07, 6.45) is 2.12. The van der Waals surface area contributed by atoms with Crippen molar-refractivity contribution >= 4 is 11.6 Å². The molecule has 3 N–H and O–H groups in total. The van der Waals surface area contributed by atoms with Gasteiger partial charge in [0.1, 0.15) is 0 Å². The summed E-state index contributed by atoms with van der Waals surface area (Å²) in [5, 5.41) is 2.94. The Morgan fingerprint density at radius 3 is 2.42 bits per heavy atom. The number of hydrogen-bond donors (Lipinski definition) is 2. The lowest BCUT2D eigenvalue weighted by atomic mass is 10.1. The minimum atomic E-state index is -0.393. The molecule has 2 rings (SSSR count). The first-order chi connectivity index (χ1) is 11.6. The van der Waals surface area contributed by atoms with Crippen LogP contribution in [0.25, 0.3) is 0 Å². The molecular formula is C19H32N4O. The van der Waals surface area contributed by atoms with Crippen LogP contribution in [-0.2, 0) is 4.79 Å². The lowest BCUT2D eigenvalue weighted by Gasteiger charge is -2.36. The maximum Gasteiger partial charge on any atom is 0.237 e. The molecule has 0 aliphatic carbocycles. The Labute approximate surface area is 146 Å². The highest BCUT2D eigenvalue weighted by atomic mass is 16.2. The highest BCUT2D eigenvalue weighted by Gasteiger charge is 2.17. The van der Waals surface area contributed by atoms with Crippen LogP contribution < -0.4 is 16.0 Å². The van der Waals surface area contributed by atoms with Gasteiger partial charge < -0.3 is 16.0 Å². The third kappa shape index (κ3) is 5.80. The molecule has 1 atom stereocenters. The molecule has 0 bridgehead atoms. The van der Waals surface area contributed by atoms with Crippen molar-refractivity contribution in [2.24, 2.45) is 11.7 Å². The molecule has 5 nitrogen and oxygen atoms in total. The Hall–Kier alpha value is -1.59. The Balaban J connectivity index is 1.56. The summed E-state index contributed by atoms with van der Waals surface area (Å²) < 4.78 is 0. The number of nitrogens with zero attached hydrogens (tertiary/aromatic N) is 2. The molecule has 0 aromatic heterocycles. The number of unbranched alkanes of at least 4 members (excludes halogenated alkanes) is 1. The van der Waals surface area contributed by atoms with Gasteiger partial charge in [-0.1, -0.05) is 32.0 Å². The Morgan fingerprint density at radius 2 is 1.79 bits per heavy atom. The zero-order valence-electron chi connectivity index (χ0n) is 15.1. The molecule has 134 valence electrons. The molecule has 1 amide bonds. The van der Waals surface area contributed by atoms with Crippen molar-refractivity contribution in [3.63, 3.8) is 0 Å². The number of nitrogens with two attached hydrogens (primary N) is 1.